The van der Waals surface area contributed by atoms with Crippen molar-refractivity contribution in [2.45, 2.75) is 32.6 Å². The SMILES string of the molecule is CCc1c(C(C)C(=O)O)ccc2c1OCCCO2. The third-order valence-electron chi connectivity index (χ3n) is 3.24. The summed E-state index contributed by atoms with van der Waals surface area (Å²) >= 11 is 0. The van der Waals surface area contributed by atoms with Gasteiger partial charge in [0.05, 0.1) is 19.1 Å². The van der Waals surface area contributed by atoms with Crippen LogP contribution in [-0.2, 0) is 11.2 Å². The Morgan fingerprint density at radius 1 is 1.39 bits per heavy atom. The number of carboxylic acids is 1. The molecule has 1 heterocycles. The fourth-order valence-electron chi connectivity index (χ4n) is 2.21. The number of carbonyl (C=O) groups is 1. The molecule has 1 N–H and O–H groups in total. The van der Waals surface area contributed by atoms with Crippen LogP contribution in [0.3, 0.4) is 0 Å². The Labute approximate surface area is 107 Å². The normalized spacial score (nSPS) is 15.9. The maximum absolute atomic E-state index is 11.1. The molecule has 4 nitrogen and oxygen atoms in total. The van der Waals surface area contributed by atoms with E-state index in [4.69, 9.17) is 14.6 Å². The lowest BCUT2D eigenvalue weighted by atomic mass is 9.93. The molecule has 2 rings (SSSR count). The lowest BCUT2D eigenvalue weighted by Crippen LogP contribution is -2.11. The fourth-order valence-corrected chi connectivity index (χ4v) is 2.21. The van der Waals surface area contributed by atoms with Crippen molar-refractivity contribution in [2.24, 2.45) is 0 Å². The van der Waals surface area contributed by atoms with E-state index < -0.39 is 11.9 Å². The van der Waals surface area contributed by atoms with E-state index in [0.717, 1.165) is 35.5 Å². The highest BCUT2D eigenvalue weighted by atomic mass is 16.5. The minimum Gasteiger partial charge on any atom is -0.490 e. The van der Waals surface area contributed by atoms with Gasteiger partial charge in [0.1, 0.15) is 0 Å². The molecular formula is C14H18O4. The van der Waals surface area contributed by atoms with Gasteiger partial charge in [-0.15, -0.1) is 0 Å². The standard InChI is InChI=1S/C14H18O4/c1-3-10-11(9(2)14(15)16)5-6-12-13(10)18-8-4-7-17-12/h5-6,9H,3-4,7-8H2,1-2H3,(H,15,16). The van der Waals surface area contributed by atoms with Crippen LogP contribution in [0, 0.1) is 0 Å². The van der Waals surface area contributed by atoms with Gasteiger partial charge in [-0.2, -0.15) is 0 Å². The van der Waals surface area contributed by atoms with Gasteiger partial charge in [-0.05, 0) is 25.0 Å². The summed E-state index contributed by atoms with van der Waals surface area (Å²) in [4.78, 5) is 11.1. The molecule has 0 saturated heterocycles. The van der Waals surface area contributed by atoms with Crippen LogP contribution in [0.1, 0.15) is 37.3 Å². The number of ether oxygens (including phenoxy) is 2. The Morgan fingerprint density at radius 2 is 2.11 bits per heavy atom. The summed E-state index contributed by atoms with van der Waals surface area (Å²) in [6.07, 6.45) is 1.58. The van der Waals surface area contributed by atoms with E-state index in [1.807, 2.05) is 19.1 Å². The van der Waals surface area contributed by atoms with Gasteiger partial charge in [0.25, 0.3) is 0 Å². The first-order chi connectivity index (χ1) is 8.65. The first kappa shape index (κ1) is 12.7. The highest BCUT2D eigenvalue weighted by Crippen LogP contribution is 2.38. The Hall–Kier alpha value is -1.71. The number of aliphatic carboxylic acids is 1. The number of hydrogen-bond donors (Lipinski definition) is 1. The van der Waals surface area contributed by atoms with Gasteiger partial charge in [0.2, 0.25) is 0 Å². The zero-order valence-corrected chi connectivity index (χ0v) is 10.7. The smallest absolute Gasteiger partial charge is 0.310 e. The molecule has 18 heavy (non-hydrogen) atoms. The van der Waals surface area contributed by atoms with Crippen molar-refractivity contribution in [3.8, 4) is 11.5 Å². The van der Waals surface area contributed by atoms with Crippen molar-refractivity contribution in [3.05, 3.63) is 23.3 Å². The summed E-state index contributed by atoms with van der Waals surface area (Å²) in [7, 11) is 0. The van der Waals surface area contributed by atoms with Gasteiger partial charge in [-0.3, -0.25) is 4.79 Å². The van der Waals surface area contributed by atoms with Crippen molar-refractivity contribution in [2.75, 3.05) is 13.2 Å². The number of fused-ring (bicyclic) bond motifs is 1. The first-order valence-corrected chi connectivity index (χ1v) is 6.29. The second kappa shape index (κ2) is 5.29. The molecule has 0 radical (unpaired) electrons. The average Bonchev–Trinajstić information content (AvgIpc) is 2.61. The fraction of sp³-hybridized carbons (Fsp3) is 0.500. The number of carboxylic acid groups (broad SMARTS) is 1. The van der Waals surface area contributed by atoms with Crippen LogP contribution >= 0.6 is 0 Å². The topological polar surface area (TPSA) is 55.8 Å². The van der Waals surface area contributed by atoms with Crippen molar-refractivity contribution < 1.29 is 19.4 Å². The van der Waals surface area contributed by atoms with E-state index >= 15 is 0 Å². The molecule has 1 aliphatic heterocycles. The van der Waals surface area contributed by atoms with Crippen LogP contribution in [0.4, 0.5) is 0 Å². The second-order valence-corrected chi connectivity index (χ2v) is 4.42. The number of rotatable bonds is 3. The zero-order valence-electron chi connectivity index (χ0n) is 10.7. The van der Waals surface area contributed by atoms with Gasteiger partial charge in [-0.1, -0.05) is 13.0 Å². The number of hydrogen-bond acceptors (Lipinski definition) is 3. The molecule has 4 heteroatoms. The minimum atomic E-state index is -0.820. The third kappa shape index (κ3) is 2.28. The molecule has 1 atom stereocenters. The summed E-state index contributed by atoms with van der Waals surface area (Å²) in [5, 5.41) is 9.14. The summed E-state index contributed by atoms with van der Waals surface area (Å²) in [6, 6.07) is 3.65. The van der Waals surface area contributed by atoms with E-state index in [0.29, 0.717) is 13.2 Å². The second-order valence-electron chi connectivity index (χ2n) is 4.42. The Bertz CT molecular complexity index is 453. The molecule has 0 spiro atoms. The van der Waals surface area contributed by atoms with Gasteiger partial charge in [0, 0.05) is 12.0 Å². The lowest BCUT2D eigenvalue weighted by molar-refractivity contribution is -0.138. The Balaban J connectivity index is 2.49. The van der Waals surface area contributed by atoms with Crippen LogP contribution in [0.2, 0.25) is 0 Å². The molecular weight excluding hydrogens is 232 g/mol. The van der Waals surface area contributed by atoms with Gasteiger partial charge < -0.3 is 14.6 Å². The average molecular weight is 250 g/mol. The van der Waals surface area contributed by atoms with E-state index in [-0.39, 0.29) is 0 Å². The molecule has 0 saturated carbocycles. The third-order valence-corrected chi connectivity index (χ3v) is 3.24. The molecule has 1 aliphatic rings. The van der Waals surface area contributed by atoms with Gasteiger partial charge >= 0.3 is 5.97 Å². The monoisotopic (exact) mass is 250 g/mol. The molecule has 1 unspecified atom stereocenters. The lowest BCUT2D eigenvalue weighted by Gasteiger charge is -2.18. The van der Waals surface area contributed by atoms with E-state index in [1.165, 1.54) is 0 Å². The van der Waals surface area contributed by atoms with E-state index in [2.05, 4.69) is 0 Å². The quantitative estimate of drug-likeness (QED) is 0.895. The predicted molar refractivity (Wildman–Crippen MR) is 67.5 cm³/mol. The summed E-state index contributed by atoms with van der Waals surface area (Å²) in [6.45, 7) is 4.96. The van der Waals surface area contributed by atoms with Crippen LogP contribution in [0.5, 0.6) is 11.5 Å². The van der Waals surface area contributed by atoms with Crippen molar-refractivity contribution in [1.29, 1.82) is 0 Å². The summed E-state index contributed by atoms with van der Waals surface area (Å²) < 4.78 is 11.3. The predicted octanol–water partition coefficient (Wildman–Crippen LogP) is 2.60. The maximum Gasteiger partial charge on any atom is 0.310 e. The van der Waals surface area contributed by atoms with E-state index in [1.54, 1.807) is 6.92 Å². The van der Waals surface area contributed by atoms with Crippen LogP contribution < -0.4 is 9.47 Å². The van der Waals surface area contributed by atoms with E-state index in [9.17, 15) is 4.79 Å². The molecule has 0 aliphatic carbocycles. The Kier molecular flexibility index (Phi) is 3.75. The molecule has 1 aromatic rings. The molecule has 0 fully saturated rings. The van der Waals surface area contributed by atoms with Gasteiger partial charge in [0.15, 0.2) is 11.5 Å². The van der Waals surface area contributed by atoms with Crippen LogP contribution in [0.15, 0.2) is 12.1 Å². The largest absolute Gasteiger partial charge is 0.490 e. The van der Waals surface area contributed by atoms with Crippen molar-refractivity contribution in [1.82, 2.24) is 0 Å². The summed E-state index contributed by atoms with van der Waals surface area (Å²) in [5.41, 5.74) is 1.76. The first-order valence-electron chi connectivity index (χ1n) is 6.29. The van der Waals surface area contributed by atoms with Crippen molar-refractivity contribution >= 4 is 5.97 Å². The van der Waals surface area contributed by atoms with Crippen LogP contribution in [-0.4, -0.2) is 24.3 Å². The van der Waals surface area contributed by atoms with Crippen molar-refractivity contribution in [3.63, 3.8) is 0 Å². The minimum absolute atomic E-state index is 0.530. The molecule has 0 bridgehead atoms. The Morgan fingerprint density at radius 3 is 2.78 bits per heavy atom. The molecule has 1 aromatic carbocycles. The number of benzene rings is 1. The highest BCUT2D eigenvalue weighted by Gasteiger charge is 2.23. The molecule has 0 amide bonds. The highest BCUT2D eigenvalue weighted by molar-refractivity contribution is 5.77. The van der Waals surface area contributed by atoms with Crippen LogP contribution in [0.25, 0.3) is 0 Å². The summed E-state index contributed by atoms with van der Waals surface area (Å²) in [5.74, 6) is 0.0996. The molecule has 0 aromatic heterocycles. The molecule has 98 valence electrons. The maximum atomic E-state index is 11.1. The van der Waals surface area contributed by atoms with Gasteiger partial charge in [-0.25, -0.2) is 0 Å². The zero-order chi connectivity index (χ0) is 13.1.